The molecule has 0 aromatic heterocycles. The van der Waals surface area contributed by atoms with Crippen molar-refractivity contribution in [3.8, 4) is 0 Å². The van der Waals surface area contributed by atoms with Crippen molar-refractivity contribution in [2.45, 2.75) is 12.2 Å². The molecule has 0 aliphatic carbocycles. The molecular formula is C6H9NO4. The summed E-state index contributed by atoms with van der Waals surface area (Å²) >= 11 is 0. The first-order valence-electron chi connectivity index (χ1n) is 3.22. The Morgan fingerprint density at radius 1 is 1.55 bits per heavy atom. The lowest BCUT2D eigenvalue weighted by Gasteiger charge is -2.23. The maximum atomic E-state index is 10.4. The third kappa shape index (κ3) is 1.55. The van der Waals surface area contributed by atoms with Crippen molar-refractivity contribution >= 4 is 12.2 Å². The molecule has 0 unspecified atom stereocenters. The monoisotopic (exact) mass is 159 g/mol. The number of carboxylic acids is 1. The van der Waals surface area contributed by atoms with Crippen LogP contribution in [-0.2, 0) is 4.79 Å². The lowest BCUT2D eigenvalue weighted by Crippen LogP contribution is -2.43. The SMILES string of the molecule is O=C(O)[C@H]1CN=C[C@@H](O)[C@H]1O. The fraction of sp³-hybridized carbons (Fsp3) is 0.667. The Kier molecular flexibility index (Phi) is 2.21. The average molecular weight is 159 g/mol. The van der Waals surface area contributed by atoms with E-state index in [0.717, 1.165) is 6.21 Å². The van der Waals surface area contributed by atoms with Gasteiger partial charge in [0.2, 0.25) is 0 Å². The molecule has 0 bridgehead atoms. The maximum Gasteiger partial charge on any atom is 0.311 e. The first-order valence-corrected chi connectivity index (χ1v) is 3.22. The third-order valence-corrected chi connectivity index (χ3v) is 1.64. The summed E-state index contributed by atoms with van der Waals surface area (Å²) in [4.78, 5) is 14.0. The van der Waals surface area contributed by atoms with Crippen molar-refractivity contribution in [2.24, 2.45) is 10.9 Å². The van der Waals surface area contributed by atoms with Crippen LogP contribution in [0.25, 0.3) is 0 Å². The molecule has 1 aliphatic heterocycles. The normalized spacial score (nSPS) is 37.1. The molecule has 0 aromatic rings. The lowest BCUT2D eigenvalue weighted by molar-refractivity contribution is -0.147. The number of aliphatic carboxylic acids is 1. The van der Waals surface area contributed by atoms with Gasteiger partial charge in [-0.1, -0.05) is 0 Å². The summed E-state index contributed by atoms with van der Waals surface area (Å²) < 4.78 is 0. The van der Waals surface area contributed by atoms with Gasteiger partial charge in [-0.2, -0.15) is 0 Å². The van der Waals surface area contributed by atoms with Crippen molar-refractivity contribution in [3.05, 3.63) is 0 Å². The van der Waals surface area contributed by atoms with Crippen molar-refractivity contribution in [2.75, 3.05) is 6.54 Å². The Morgan fingerprint density at radius 2 is 2.18 bits per heavy atom. The van der Waals surface area contributed by atoms with Crippen LogP contribution < -0.4 is 0 Å². The summed E-state index contributed by atoms with van der Waals surface area (Å²) in [5.74, 6) is -2.11. The van der Waals surface area contributed by atoms with Crippen LogP contribution in [0.2, 0.25) is 0 Å². The van der Waals surface area contributed by atoms with Crippen LogP contribution in [0.3, 0.4) is 0 Å². The van der Waals surface area contributed by atoms with Gasteiger partial charge in [0.1, 0.15) is 18.1 Å². The van der Waals surface area contributed by atoms with E-state index in [-0.39, 0.29) is 6.54 Å². The van der Waals surface area contributed by atoms with Gasteiger partial charge in [0, 0.05) is 6.21 Å². The summed E-state index contributed by atoms with van der Waals surface area (Å²) in [5, 5.41) is 26.5. The highest BCUT2D eigenvalue weighted by atomic mass is 16.4. The summed E-state index contributed by atoms with van der Waals surface area (Å²) in [5.41, 5.74) is 0. The highest BCUT2D eigenvalue weighted by molar-refractivity contribution is 5.75. The lowest BCUT2D eigenvalue weighted by atomic mass is 9.96. The Labute approximate surface area is 63.0 Å². The molecular weight excluding hydrogens is 150 g/mol. The fourth-order valence-electron chi connectivity index (χ4n) is 0.941. The Morgan fingerprint density at radius 3 is 2.64 bits per heavy atom. The van der Waals surface area contributed by atoms with E-state index in [1.54, 1.807) is 0 Å². The number of rotatable bonds is 1. The van der Waals surface area contributed by atoms with E-state index in [1.165, 1.54) is 0 Å². The van der Waals surface area contributed by atoms with Crippen LogP contribution >= 0.6 is 0 Å². The molecule has 3 atom stereocenters. The van der Waals surface area contributed by atoms with Gasteiger partial charge in [-0.05, 0) is 0 Å². The van der Waals surface area contributed by atoms with E-state index in [9.17, 15) is 4.79 Å². The number of nitrogens with zero attached hydrogens (tertiary/aromatic N) is 1. The second kappa shape index (κ2) is 2.98. The van der Waals surface area contributed by atoms with Gasteiger partial charge in [-0.15, -0.1) is 0 Å². The number of aliphatic hydroxyl groups is 2. The van der Waals surface area contributed by atoms with Crippen molar-refractivity contribution in [3.63, 3.8) is 0 Å². The number of aliphatic imine (C=N–C) groups is 1. The highest BCUT2D eigenvalue weighted by Crippen LogP contribution is 2.12. The molecule has 0 radical (unpaired) electrons. The van der Waals surface area contributed by atoms with Crippen LogP contribution in [0.15, 0.2) is 4.99 Å². The molecule has 0 aromatic carbocycles. The predicted molar refractivity (Wildman–Crippen MR) is 36.5 cm³/mol. The Hall–Kier alpha value is -0.940. The van der Waals surface area contributed by atoms with Crippen molar-refractivity contribution in [1.29, 1.82) is 0 Å². The molecule has 0 saturated carbocycles. The van der Waals surface area contributed by atoms with Gasteiger partial charge in [-0.3, -0.25) is 9.79 Å². The van der Waals surface area contributed by atoms with E-state index in [1.807, 2.05) is 0 Å². The van der Waals surface area contributed by atoms with Crippen LogP contribution in [0, 0.1) is 5.92 Å². The molecule has 0 amide bonds. The second-order valence-electron chi connectivity index (χ2n) is 2.44. The number of hydrogen-bond donors (Lipinski definition) is 3. The molecule has 11 heavy (non-hydrogen) atoms. The molecule has 5 nitrogen and oxygen atoms in total. The smallest absolute Gasteiger partial charge is 0.311 e. The van der Waals surface area contributed by atoms with Gasteiger partial charge in [0.25, 0.3) is 0 Å². The van der Waals surface area contributed by atoms with Crippen LogP contribution in [0.1, 0.15) is 0 Å². The highest BCUT2D eigenvalue weighted by Gasteiger charge is 2.33. The summed E-state index contributed by atoms with van der Waals surface area (Å²) in [6.45, 7) is 0.0353. The molecule has 1 aliphatic rings. The van der Waals surface area contributed by atoms with Gasteiger partial charge < -0.3 is 15.3 Å². The molecule has 1 heterocycles. The molecule has 0 saturated heterocycles. The van der Waals surface area contributed by atoms with E-state index >= 15 is 0 Å². The standard InChI is InChI=1S/C6H9NO4/c8-4-2-7-1-3(5(4)9)6(10)11/h2-5,8-9H,1H2,(H,10,11)/t3-,4+,5-/m0/s1. The Balaban J connectivity index is 2.70. The van der Waals surface area contributed by atoms with E-state index in [4.69, 9.17) is 15.3 Å². The van der Waals surface area contributed by atoms with Gasteiger partial charge in [-0.25, -0.2) is 0 Å². The number of carboxylic acid groups (broad SMARTS) is 1. The Bertz CT molecular complexity index is 191. The predicted octanol–water partition coefficient (Wildman–Crippen LogP) is -1.51. The van der Waals surface area contributed by atoms with E-state index in [0.29, 0.717) is 0 Å². The largest absolute Gasteiger partial charge is 0.481 e. The first kappa shape index (κ1) is 8.16. The minimum absolute atomic E-state index is 0.0353. The van der Waals surface area contributed by atoms with Crippen LogP contribution in [0.5, 0.6) is 0 Å². The third-order valence-electron chi connectivity index (χ3n) is 1.64. The van der Waals surface area contributed by atoms with Crippen molar-refractivity contribution < 1.29 is 20.1 Å². The molecule has 0 fully saturated rings. The van der Waals surface area contributed by atoms with Gasteiger partial charge >= 0.3 is 5.97 Å². The number of hydrogen-bond acceptors (Lipinski definition) is 4. The minimum Gasteiger partial charge on any atom is -0.481 e. The summed E-state index contributed by atoms with van der Waals surface area (Å²) in [6.07, 6.45) is -1.22. The maximum absolute atomic E-state index is 10.4. The van der Waals surface area contributed by atoms with Crippen molar-refractivity contribution in [1.82, 2.24) is 0 Å². The van der Waals surface area contributed by atoms with E-state index < -0.39 is 24.1 Å². The van der Waals surface area contributed by atoms with E-state index in [2.05, 4.69) is 4.99 Å². The fourth-order valence-corrected chi connectivity index (χ4v) is 0.941. The first-order chi connectivity index (χ1) is 5.13. The van der Waals surface area contributed by atoms with Gasteiger partial charge in [0.15, 0.2) is 0 Å². The average Bonchev–Trinajstić information content (AvgIpc) is 1.94. The topological polar surface area (TPSA) is 90.1 Å². The zero-order valence-corrected chi connectivity index (χ0v) is 5.71. The van der Waals surface area contributed by atoms with Crippen LogP contribution in [0.4, 0.5) is 0 Å². The zero-order valence-electron chi connectivity index (χ0n) is 5.71. The summed E-state index contributed by atoms with van der Waals surface area (Å²) in [7, 11) is 0. The van der Waals surface area contributed by atoms with Gasteiger partial charge in [0.05, 0.1) is 6.54 Å². The zero-order chi connectivity index (χ0) is 8.43. The number of carbonyl (C=O) groups is 1. The molecule has 5 heteroatoms. The number of aliphatic hydroxyl groups excluding tert-OH is 2. The second-order valence-corrected chi connectivity index (χ2v) is 2.44. The molecule has 62 valence electrons. The quantitative estimate of drug-likeness (QED) is 0.434. The molecule has 0 spiro atoms. The van der Waals surface area contributed by atoms with Crippen LogP contribution in [-0.4, -0.2) is 46.3 Å². The summed E-state index contributed by atoms with van der Waals surface area (Å²) in [6, 6.07) is 0. The minimum atomic E-state index is -1.23. The molecule has 3 N–H and O–H groups in total. The molecule has 1 rings (SSSR count).